The molecular weight excluding hydrogens is 281 g/mol. The van der Waals surface area contributed by atoms with Gasteiger partial charge in [-0.1, -0.05) is 30.3 Å². The predicted octanol–water partition coefficient (Wildman–Crippen LogP) is 2.95. The van der Waals surface area contributed by atoms with Crippen molar-refractivity contribution in [3.63, 3.8) is 0 Å². The summed E-state index contributed by atoms with van der Waals surface area (Å²) in [5, 5.41) is 8.23. The first-order valence-electron chi connectivity index (χ1n) is 5.47. The number of rotatable bonds is 7. The van der Waals surface area contributed by atoms with Crippen molar-refractivity contribution in [2.45, 2.75) is 18.0 Å². The lowest BCUT2D eigenvalue weighted by Gasteiger charge is -2.13. The molecule has 1 atom stereocenters. The van der Waals surface area contributed by atoms with Crippen LogP contribution in [0.5, 0.6) is 0 Å². The van der Waals surface area contributed by atoms with Gasteiger partial charge >= 0.3 is 12.3 Å². The smallest absolute Gasteiger partial charge is 0.480 e. The highest BCUT2D eigenvalue weighted by atomic mass is 32.2. The summed E-state index contributed by atoms with van der Waals surface area (Å²) in [7, 11) is 0. The Morgan fingerprint density at radius 3 is 2.47 bits per heavy atom. The van der Waals surface area contributed by atoms with Crippen molar-refractivity contribution in [2.24, 2.45) is 0 Å². The van der Waals surface area contributed by atoms with Gasteiger partial charge in [0.1, 0.15) is 5.25 Å². The van der Waals surface area contributed by atoms with Gasteiger partial charge in [-0.15, -0.1) is 24.9 Å². The van der Waals surface area contributed by atoms with E-state index in [1.807, 2.05) is 6.07 Å². The summed E-state index contributed by atoms with van der Waals surface area (Å²) in [6.45, 7) is -0.549. The number of thioether (sulfide) groups is 1. The van der Waals surface area contributed by atoms with E-state index in [4.69, 9.17) is 5.11 Å². The summed E-state index contributed by atoms with van der Waals surface area (Å²) in [5.41, 5.74) is 0.833. The molecule has 0 saturated carbocycles. The minimum absolute atomic E-state index is 0.0245. The Morgan fingerprint density at radius 2 is 1.95 bits per heavy atom. The van der Waals surface area contributed by atoms with Gasteiger partial charge in [0, 0.05) is 5.75 Å². The average Bonchev–Trinajstić information content (AvgIpc) is 2.33. The Labute approximate surface area is 112 Å². The van der Waals surface area contributed by atoms with E-state index in [9.17, 15) is 18.0 Å². The molecule has 1 N–H and O–H groups in total. The van der Waals surface area contributed by atoms with Crippen LogP contribution < -0.4 is 0 Å². The topological polar surface area (TPSA) is 46.5 Å². The summed E-state index contributed by atoms with van der Waals surface area (Å²) in [6.07, 6.45) is -4.40. The molecule has 19 heavy (non-hydrogen) atoms. The van der Waals surface area contributed by atoms with E-state index in [0.717, 1.165) is 17.3 Å². The lowest BCUT2D eigenvalue weighted by atomic mass is 10.1. The molecule has 0 aromatic heterocycles. The Hall–Kier alpha value is -1.21. The number of carboxylic acid groups (broad SMARTS) is 1. The Balaban J connectivity index is 2.40. The lowest BCUT2D eigenvalue weighted by Crippen LogP contribution is -2.22. The molecule has 0 bridgehead atoms. The van der Waals surface area contributed by atoms with E-state index in [1.165, 1.54) is 0 Å². The van der Waals surface area contributed by atoms with E-state index in [-0.39, 0.29) is 12.2 Å². The van der Waals surface area contributed by atoms with Crippen LogP contribution in [0.25, 0.3) is 0 Å². The number of aliphatic carboxylic acids is 1. The van der Waals surface area contributed by atoms with E-state index < -0.39 is 24.2 Å². The van der Waals surface area contributed by atoms with Crippen LogP contribution >= 0.6 is 11.8 Å². The maximum atomic E-state index is 11.7. The van der Waals surface area contributed by atoms with E-state index in [2.05, 4.69) is 4.74 Å². The molecule has 0 spiro atoms. The fourth-order valence-electron chi connectivity index (χ4n) is 1.39. The summed E-state index contributed by atoms with van der Waals surface area (Å²) >= 11 is 0.941. The molecule has 0 saturated heterocycles. The monoisotopic (exact) mass is 294 g/mol. The molecular formula is C12H13F3O3S. The van der Waals surface area contributed by atoms with Gasteiger partial charge in [-0.05, 0) is 12.0 Å². The summed E-state index contributed by atoms with van der Waals surface area (Å²) in [6, 6.07) is 8.94. The van der Waals surface area contributed by atoms with Crippen molar-refractivity contribution in [1.82, 2.24) is 0 Å². The largest absolute Gasteiger partial charge is 0.522 e. The van der Waals surface area contributed by atoms with Gasteiger partial charge < -0.3 is 5.11 Å². The van der Waals surface area contributed by atoms with Crippen LogP contribution in [0.3, 0.4) is 0 Å². The summed E-state index contributed by atoms with van der Waals surface area (Å²) in [5.74, 6) is -1.07. The van der Waals surface area contributed by atoms with Gasteiger partial charge in [0.2, 0.25) is 0 Å². The molecule has 1 unspecified atom stereocenters. The number of hydrogen-bond acceptors (Lipinski definition) is 3. The minimum atomic E-state index is -4.67. The number of carboxylic acids is 1. The fourth-order valence-corrected chi connectivity index (χ4v) is 2.31. The van der Waals surface area contributed by atoms with Crippen LogP contribution in [0.4, 0.5) is 13.2 Å². The highest BCUT2D eigenvalue weighted by Crippen LogP contribution is 2.20. The summed E-state index contributed by atoms with van der Waals surface area (Å²) < 4.78 is 38.8. The molecule has 0 heterocycles. The van der Waals surface area contributed by atoms with E-state index in [0.29, 0.717) is 0 Å². The van der Waals surface area contributed by atoms with Crippen LogP contribution in [0.2, 0.25) is 0 Å². The molecule has 106 valence electrons. The van der Waals surface area contributed by atoms with Crippen molar-refractivity contribution >= 4 is 17.7 Å². The molecule has 1 aromatic carbocycles. The molecule has 0 amide bonds. The summed E-state index contributed by atoms with van der Waals surface area (Å²) in [4.78, 5) is 11.0. The molecule has 3 nitrogen and oxygen atoms in total. The van der Waals surface area contributed by atoms with E-state index >= 15 is 0 Å². The van der Waals surface area contributed by atoms with Gasteiger partial charge in [0.05, 0.1) is 6.61 Å². The third kappa shape index (κ3) is 7.07. The second-order valence-electron chi connectivity index (χ2n) is 3.68. The first-order chi connectivity index (χ1) is 8.88. The number of hydrogen-bond donors (Lipinski definition) is 1. The van der Waals surface area contributed by atoms with Crippen molar-refractivity contribution in [3.8, 4) is 0 Å². The Bertz CT molecular complexity index is 395. The zero-order valence-electron chi connectivity index (χ0n) is 9.89. The normalized spacial score (nSPS) is 13.2. The Kier molecular flexibility index (Phi) is 6.17. The average molecular weight is 294 g/mol. The standard InChI is InChI=1S/C12H13F3O3S/c13-12(14,15)18-6-7-19-10(11(16)17)8-9-4-2-1-3-5-9/h1-5,10H,6-8H2,(H,16,17). The molecule has 0 aliphatic rings. The number of ether oxygens (including phenoxy) is 1. The van der Waals surface area contributed by atoms with E-state index in [1.54, 1.807) is 24.3 Å². The predicted molar refractivity (Wildman–Crippen MR) is 66.0 cm³/mol. The second kappa shape index (κ2) is 7.40. The third-order valence-corrected chi connectivity index (χ3v) is 3.38. The Morgan fingerprint density at radius 1 is 1.32 bits per heavy atom. The molecule has 1 aromatic rings. The number of alkyl halides is 3. The fraction of sp³-hybridized carbons (Fsp3) is 0.417. The minimum Gasteiger partial charge on any atom is -0.480 e. The second-order valence-corrected chi connectivity index (χ2v) is 4.99. The van der Waals surface area contributed by atoms with Crippen molar-refractivity contribution in [1.29, 1.82) is 0 Å². The zero-order valence-corrected chi connectivity index (χ0v) is 10.7. The molecule has 0 aliphatic heterocycles. The van der Waals surface area contributed by atoms with Crippen molar-refractivity contribution in [3.05, 3.63) is 35.9 Å². The van der Waals surface area contributed by atoms with Crippen LogP contribution in [0.1, 0.15) is 5.56 Å². The third-order valence-electron chi connectivity index (χ3n) is 2.21. The van der Waals surface area contributed by atoms with Gasteiger partial charge in [0.25, 0.3) is 0 Å². The van der Waals surface area contributed by atoms with Crippen LogP contribution in [0.15, 0.2) is 30.3 Å². The zero-order chi connectivity index (χ0) is 14.3. The quantitative estimate of drug-likeness (QED) is 0.785. The molecule has 7 heteroatoms. The van der Waals surface area contributed by atoms with Crippen LogP contribution in [-0.2, 0) is 16.0 Å². The first-order valence-corrected chi connectivity index (χ1v) is 6.52. The van der Waals surface area contributed by atoms with Gasteiger partial charge in [-0.2, -0.15) is 0 Å². The van der Waals surface area contributed by atoms with Gasteiger partial charge in [0.15, 0.2) is 0 Å². The highest BCUT2D eigenvalue weighted by molar-refractivity contribution is 8.00. The molecule has 0 aliphatic carbocycles. The first kappa shape index (κ1) is 15.8. The maximum Gasteiger partial charge on any atom is 0.522 e. The highest BCUT2D eigenvalue weighted by Gasteiger charge is 2.29. The molecule has 0 radical (unpaired) electrons. The lowest BCUT2D eigenvalue weighted by molar-refractivity contribution is -0.322. The number of halogens is 3. The number of carbonyl (C=O) groups is 1. The maximum absolute atomic E-state index is 11.7. The van der Waals surface area contributed by atoms with Crippen LogP contribution in [0, 0.1) is 0 Å². The van der Waals surface area contributed by atoms with Gasteiger partial charge in [-0.25, -0.2) is 0 Å². The van der Waals surface area contributed by atoms with Crippen molar-refractivity contribution < 1.29 is 27.8 Å². The number of benzene rings is 1. The molecule has 0 fully saturated rings. The molecule has 1 rings (SSSR count). The van der Waals surface area contributed by atoms with Gasteiger partial charge in [-0.3, -0.25) is 9.53 Å². The van der Waals surface area contributed by atoms with Crippen LogP contribution in [-0.4, -0.2) is 35.0 Å². The SMILES string of the molecule is O=C(O)C(Cc1ccccc1)SCCOC(F)(F)F. The van der Waals surface area contributed by atoms with Crippen molar-refractivity contribution in [2.75, 3.05) is 12.4 Å².